The highest BCUT2D eigenvalue weighted by molar-refractivity contribution is 5.54. The molecule has 0 amide bonds. The summed E-state index contributed by atoms with van der Waals surface area (Å²) in [5, 5.41) is 12.4. The van der Waals surface area contributed by atoms with Crippen LogP contribution in [0.25, 0.3) is 11.4 Å². The molecule has 2 aromatic heterocycles. The van der Waals surface area contributed by atoms with E-state index < -0.39 is 0 Å². The van der Waals surface area contributed by atoms with Gasteiger partial charge in [-0.2, -0.15) is 0 Å². The molecule has 1 atom stereocenters. The summed E-state index contributed by atoms with van der Waals surface area (Å²) in [5.41, 5.74) is 2.08. The van der Waals surface area contributed by atoms with Gasteiger partial charge in [0.15, 0.2) is 11.6 Å². The van der Waals surface area contributed by atoms with Crippen LogP contribution in [0.15, 0.2) is 18.3 Å². The first-order valence-corrected chi connectivity index (χ1v) is 6.92. The molecule has 0 saturated heterocycles. The third-order valence-corrected chi connectivity index (χ3v) is 4.02. The predicted octanol–water partition coefficient (Wildman–Crippen LogP) is 1.70. The average molecular weight is 255 g/mol. The number of nitrogens with one attached hydrogen (secondary N) is 1. The number of aromatic nitrogens is 4. The first kappa shape index (κ1) is 11.1. The Morgan fingerprint density at radius 1 is 1.26 bits per heavy atom. The maximum atomic E-state index is 4.42. The van der Waals surface area contributed by atoms with Gasteiger partial charge < -0.3 is 9.88 Å². The molecule has 19 heavy (non-hydrogen) atoms. The van der Waals surface area contributed by atoms with E-state index in [-0.39, 0.29) is 0 Å². The first-order valence-electron chi connectivity index (χ1n) is 6.92. The van der Waals surface area contributed by atoms with Gasteiger partial charge >= 0.3 is 0 Å². The van der Waals surface area contributed by atoms with E-state index in [2.05, 4.69) is 31.1 Å². The van der Waals surface area contributed by atoms with Crippen molar-refractivity contribution in [3.8, 4) is 11.4 Å². The van der Waals surface area contributed by atoms with Crippen LogP contribution >= 0.6 is 0 Å². The molecule has 2 aliphatic rings. The average Bonchev–Trinajstić information content (AvgIpc) is 3.19. The van der Waals surface area contributed by atoms with Crippen molar-refractivity contribution in [3.63, 3.8) is 0 Å². The normalized spacial score (nSPS) is 22.3. The van der Waals surface area contributed by atoms with Crippen LogP contribution in [0, 0.1) is 12.8 Å². The van der Waals surface area contributed by atoms with Gasteiger partial charge in [-0.3, -0.25) is 4.98 Å². The summed E-state index contributed by atoms with van der Waals surface area (Å²) in [6.45, 7) is 3.93. The molecule has 3 heterocycles. The highest BCUT2D eigenvalue weighted by Gasteiger charge is 2.37. The predicted molar refractivity (Wildman–Crippen MR) is 71.5 cm³/mol. The summed E-state index contributed by atoms with van der Waals surface area (Å²) in [6.07, 6.45) is 4.51. The largest absolute Gasteiger partial charge is 0.308 e. The van der Waals surface area contributed by atoms with Crippen molar-refractivity contribution in [2.75, 3.05) is 6.54 Å². The van der Waals surface area contributed by atoms with Crippen LogP contribution in [0.1, 0.15) is 30.4 Å². The maximum absolute atomic E-state index is 4.42. The first-order chi connectivity index (χ1) is 9.33. The van der Waals surface area contributed by atoms with Crippen LogP contribution in [0.2, 0.25) is 0 Å². The van der Waals surface area contributed by atoms with Crippen molar-refractivity contribution >= 4 is 0 Å². The maximum Gasteiger partial charge on any atom is 0.165 e. The van der Waals surface area contributed by atoms with E-state index in [0.717, 1.165) is 41.9 Å². The van der Waals surface area contributed by atoms with Gasteiger partial charge in [0.2, 0.25) is 0 Å². The molecule has 0 bridgehead atoms. The molecule has 5 heteroatoms. The molecule has 1 aliphatic carbocycles. The van der Waals surface area contributed by atoms with Gasteiger partial charge in [0, 0.05) is 30.5 Å². The van der Waals surface area contributed by atoms with E-state index in [4.69, 9.17) is 0 Å². The molecule has 4 rings (SSSR count). The Labute approximate surface area is 112 Å². The summed E-state index contributed by atoms with van der Waals surface area (Å²) in [5.74, 6) is 2.81. The number of hydrogen-bond acceptors (Lipinski definition) is 4. The smallest absolute Gasteiger partial charge is 0.165 e. The van der Waals surface area contributed by atoms with Crippen LogP contribution in [0.5, 0.6) is 0 Å². The zero-order valence-electron chi connectivity index (χ0n) is 11.0. The molecule has 0 aromatic carbocycles. The molecule has 5 nitrogen and oxygen atoms in total. The minimum Gasteiger partial charge on any atom is -0.308 e. The quantitative estimate of drug-likeness (QED) is 0.887. The van der Waals surface area contributed by atoms with Gasteiger partial charge in [0.1, 0.15) is 0 Å². The summed E-state index contributed by atoms with van der Waals surface area (Å²) >= 11 is 0. The van der Waals surface area contributed by atoms with Crippen molar-refractivity contribution in [1.82, 2.24) is 25.1 Å². The Morgan fingerprint density at radius 2 is 2.16 bits per heavy atom. The highest BCUT2D eigenvalue weighted by atomic mass is 15.3. The van der Waals surface area contributed by atoms with Crippen LogP contribution in [-0.4, -0.2) is 26.3 Å². The molecule has 0 radical (unpaired) electrons. The van der Waals surface area contributed by atoms with E-state index in [1.165, 1.54) is 12.8 Å². The van der Waals surface area contributed by atoms with E-state index in [9.17, 15) is 0 Å². The number of pyridine rings is 1. The van der Waals surface area contributed by atoms with Crippen molar-refractivity contribution < 1.29 is 0 Å². The number of fused-ring (bicyclic) bond motifs is 1. The van der Waals surface area contributed by atoms with Crippen LogP contribution in [-0.2, 0) is 6.54 Å². The van der Waals surface area contributed by atoms with Crippen molar-refractivity contribution in [3.05, 3.63) is 29.8 Å². The zero-order valence-corrected chi connectivity index (χ0v) is 11.0. The fourth-order valence-corrected chi connectivity index (χ4v) is 2.81. The second-order valence-corrected chi connectivity index (χ2v) is 5.49. The van der Waals surface area contributed by atoms with E-state index in [0.29, 0.717) is 6.04 Å². The van der Waals surface area contributed by atoms with E-state index in [1.807, 2.05) is 19.2 Å². The Bertz CT molecular complexity index is 597. The van der Waals surface area contributed by atoms with Gasteiger partial charge in [0.05, 0.1) is 6.04 Å². The van der Waals surface area contributed by atoms with Crippen molar-refractivity contribution in [1.29, 1.82) is 0 Å². The Balaban J connectivity index is 1.76. The fraction of sp³-hybridized carbons (Fsp3) is 0.500. The van der Waals surface area contributed by atoms with E-state index in [1.54, 1.807) is 0 Å². The minimum absolute atomic E-state index is 0.397. The molecular formula is C14H17N5. The second-order valence-electron chi connectivity index (χ2n) is 5.49. The van der Waals surface area contributed by atoms with Gasteiger partial charge in [0.25, 0.3) is 0 Å². The molecule has 1 unspecified atom stereocenters. The molecule has 1 saturated carbocycles. The summed E-state index contributed by atoms with van der Waals surface area (Å²) in [7, 11) is 0. The molecule has 1 N–H and O–H groups in total. The summed E-state index contributed by atoms with van der Waals surface area (Å²) in [4.78, 5) is 4.35. The monoisotopic (exact) mass is 255 g/mol. The number of aryl methyl sites for hydroxylation is 1. The van der Waals surface area contributed by atoms with Crippen LogP contribution < -0.4 is 5.32 Å². The summed E-state index contributed by atoms with van der Waals surface area (Å²) in [6, 6.07) is 4.50. The number of hydrogen-bond donors (Lipinski definition) is 1. The zero-order chi connectivity index (χ0) is 12.8. The third kappa shape index (κ3) is 1.85. The molecule has 2 aromatic rings. The van der Waals surface area contributed by atoms with Crippen molar-refractivity contribution in [2.24, 2.45) is 5.92 Å². The molecule has 1 fully saturated rings. The van der Waals surface area contributed by atoms with Crippen molar-refractivity contribution in [2.45, 2.75) is 32.4 Å². The Morgan fingerprint density at radius 3 is 2.89 bits per heavy atom. The lowest BCUT2D eigenvalue weighted by atomic mass is 10.1. The minimum atomic E-state index is 0.397. The van der Waals surface area contributed by atoms with Crippen LogP contribution in [0.4, 0.5) is 0 Å². The standard InChI is InChI=1S/C14H17N5/c1-9-2-3-11(8-16-9)13-17-18-14-12(10-4-5-10)15-6-7-19(13)14/h2-3,8,10,12,15H,4-7H2,1H3. The van der Waals surface area contributed by atoms with Gasteiger partial charge in [-0.15, -0.1) is 10.2 Å². The third-order valence-electron chi connectivity index (χ3n) is 4.02. The Hall–Kier alpha value is -1.75. The number of nitrogens with zero attached hydrogens (tertiary/aromatic N) is 4. The van der Waals surface area contributed by atoms with Gasteiger partial charge in [-0.05, 0) is 37.8 Å². The molecular weight excluding hydrogens is 238 g/mol. The number of rotatable bonds is 2. The fourth-order valence-electron chi connectivity index (χ4n) is 2.81. The lowest BCUT2D eigenvalue weighted by molar-refractivity contribution is 0.383. The lowest BCUT2D eigenvalue weighted by Crippen LogP contribution is -2.35. The van der Waals surface area contributed by atoms with Crippen LogP contribution in [0.3, 0.4) is 0 Å². The van der Waals surface area contributed by atoms with Gasteiger partial charge in [-0.1, -0.05) is 0 Å². The topological polar surface area (TPSA) is 55.6 Å². The molecule has 1 aliphatic heterocycles. The van der Waals surface area contributed by atoms with Gasteiger partial charge in [-0.25, -0.2) is 0 Å². The molecule has 98 valence electrons. The summed E-state index contributed by atoms with van der Waals surface area (Å²) < 4.78 is 2.26. The lowest BCUT2D eigenvalue weighted by Gasteiger charge is -2.24. The Kier molecular flexibility index (Phi) is 2.41. The SMILES string of the molecule is Cc1ccc(-c2nnc3n2CCNC3C2CC2)cn1. The second kappa shape index (κ2) is 4.13. The van der Waals surface area contributed by atoms with E-state index >= 15 is 0 Å². The highest BCUT2D eigenvalue weighted by Crippen LogP contribution is 2.41. The molecule has 0 spiro atoms.